The van der Waals surface area contributed by atoms with Crippen molar-refractivity contribution >= 4 is 32.9 Å². The summed E-state index contributed by atoms with van der Waals surface area (Å²) in [6.07, 6.45) is 0. The number of ether oxygens (including phenoxy) is 1. The van der Waals surface area contributed by atoms with Crippen LogP contribution in [-0.4, -0.2) is 0 Å². The van der Waals surface area contributed by atoms with Crippen molar-refractivity contribution in [3.8, 4) is 65.8 Å². The van der Waals surface area contributed by atoms with Gasteiger partial charge in [0.25, 0.3) is 0 Å². The Morgan fingerprint density at radius 1 is 0.364 bits per heavy atom. The molecule has 8 aromatic rings. The van der Waals surface area contributed by atoms with Gasteiger partial charge >= 0.3 is 0 Å². The van der Waals surface area contributed by atoms with Gasteiger partial charge in [0, 0.05) is 26.3 Å². The van der Waals surface area contributed by atoms with Crippen molar-refractivity contribution in [2.45, 2.75) is 0 Å². The number of rotatable bonds is 4. The molecular weight excluding hydrogens is 553 g/mol. The smallest absolute Gasteiger partial charge is 0.135 e. The van der Waals surface area contributed by atoms with Crippen molar-refractivity contribution in [3.63, 3.8) is 0 Å². The number of para-hydroxylation sites is 1. The molecule has 1 aliphatic heterocycles. The lowest BCUT2D eigenvalue weighted by Gasteiger charge is -2.21. The molecule has 0 amide bonds. The quantitative estimate of drug-likeness (QED) is 0.202. The van der Waals surface area contributed by atoms with Crippen molar-refractivity contribution in [2.24, 2.45) is 0 Å². The normalized spacial score (nSPS) is 11.8. The van der Waals surface area contributed by atoms with Crippen LogP contribution in [0.5, 0.6) is 11.5 Å². The molecule has 0 spiro atoms. The van der Waals surface area contributed by atoms with Crippen LogP contribution in [0, 0.1) is 0 Å². The molecule has 1 nitrogen and oxygen atoms in total. The third-order valence-electron chi connectivity index (χ3n) is 8.70. The summed E-state index contributed by atoms with van der Waals surface area (Å²) < 4.78 is 6.29. The number of fused-ring (bicyclic) bond motifs is 3. The molecule has 206 valence electrons. The van der Waals surface area contributed by atoms with E-state index >= 15 is 0 Å². The van der Waals surface area contributed by atoms with Gasteiger partial charge in [0.15, 0.2) is 0 Å². The summed E-state index contributed by atoms with van der Waals surface area (Å²) in [5.41, 5.74) is 9.80. The zero-order valence-corrected chi connectivity index (χ0v) is 24.6. The molecule has 0 fully saturated rings. The van der Waals surface area contributed by atoms with Crippen LogP contribution in [0.4, 0.5) is 0 Å². The summed E-state index contributed by atoms with van der Waals surface area (Å²) in [5, 5.41) is 4.90. The topological polar surface area (TPSA) is 9.23 Å². The van der Waals surface area contributed by atoms with Crippen molar-refractivity contribution in [1.29, 1.82) is 0 Å². The van der Waals surface area contributed by atoms with Crippen molar-refractivity contribution in [3.05, 3.63) is 158 Å². The molecule has 0 atom stereocenters. The molecule has 0 unspecified atom stereocenters. The third kappa shape index (κ3) is 4.07. The maximum atomic E-state index is 6.29. The van der Waals surface area contributed by atoms with Crippen LogP contribution in [0.3, 0.4) is 0 Å². The van der Waals surface area contributed by atoms with Crippen LogP contribution in [0.2, 0.25) is 0 Å². The first kappa shape index (κ1) is 25.1. The van der Waals surface area contributed by atoms with Gasteiger partial charge < -0.3 is 4.74 Å². The zero-order chi connectivity index (χ0) is 29.0. The van der Waals surface area contributed by atoms with E-state index in [4.69, 9.17) is 4.74 Å². The number of benzene rings is 7. The zero-order valence-electron chi connectivity index (χ0n) is 23.8. The predicted octanol–water partition coefficient (Wildman–Crippen LogP) is 12.5. The molecule has 1 aromatic heterocycles. The molecule has 7 aromatic carbocycles. The monoisotopic (exact) mass is 578 g/mol. The van der Waals surface area contributed by atoms with E-state index < -0.39 is 0 Å². The number of hydrogen-bond donors (Lipinski definition) is 0. The molecule has 2 heteroatoms. The van der Waals surface area contributed by atoms with E-state index in [-0.39, 0.29) is 0 Å². The van der Waals surface area contributed by atoms with E-state index in [0.29, 0.717) is 0 Å². The Morgan fingerprint density at radius 2 is 1.07 bits per heavy atom. The molecule has 0 N–H and O–H groups in total. The first-order valence-electron chi connectivity index (χ1n) is 14.9. The molecule has 9 rings (SSSR count). The maximum absolute atomic E-state index is 6.29. The summed E-state index contributed by atoms with van der Waals surface area (Å²) in [6.45, 7) is 0. The average molecular weight is 579 g/mol. The molecular formula is C42H26OS. The minimum Gasteiger partial charge on any atom is -0.456 e. The Kier molecular flexibility index (Phi) is 5.75. The fourth-order valence-electron chi connectivity index (χ4n) is 6.62. The second kappa shape index (κ2) is 10.1. The fraction of sp³-hybridized carbons (Fsp3) is 0. The molecule has 1 aliphatic rings. The predicted molar refractivity (Wildman–Crippen MR) is 187 cm³/mol. The lowest BCUT2D eigenvalue weighted by atomic mass is 9.91. The van der Waals surface area contributed by atoms with E-state index in [1.54, 1.807) is 0 Å². The maximum Gasteiger partial charge on any atom is 0.135 e. The van der Waals surface area contributed by atoms with Crippen LogP contribution in [-0.2, 0) is 0 Å². The summed E-state index contributed by atoms with van der Waals surface area (Å²) in [4.78, 5) is 2.51. The standard InChI is InChI=1S/C42H26OS/c1-2-10-27(11-3-1)29-20-21-34(33-17-8-13-28-12-4-5-15-32(28)33)36(25-29)41-23-22-40(44-41)31-24-30-14-9-19-39-42(30)37(26-31)35-16-6-7-18-38(35)43-39/h1-26H. The van der Waals surface area contributed by atoms with Gasteiger partial charge in [-0.25, -0.2) is 0 Å². The van der Waals surface area contributed by atoms with E-state index in [1.807, 2.05) is 17.4 Å². The van der Waals surface area contributed by atoms with E-state index in [0.717, 1.165) is 17.1 Å². The summed E-state index contributed by atoms with van der Waals surface area (Å²) in [6, 6.07) is 56.8. The average Bonchev–Trinajstić information content (AvgIpc) is 3.59. The Morgan fingerprint density at radius 3 is 2.02 bits per heavy atom. The van der Waals surface area contributed by atoms with Crippen molar-refractivity contribution < 1.29 is 4.74 Å². The van der Waals surface area contributed by atoms with E-state index in [2.05, 4.69) is 152 Å². The Bertz CT molecular complexity index is 2360. The summed E-state index contributed by atoms with van der Waals surface area (Å²) >= 11 is 1.86. The van der Waals surface area contributed by atoms with Crippen LogP contribution in [0.15, 0.2) is 158 Å². The summed E-state index contributed by atoms with van der Waals surface area (Å²) in [7, 11) is 0. The van der Waals surface area contributed by atoms with E-state index in [9.17, 15) is 0 Å². The molecule has 0 saturated heterocycles. The van der Waals surface area contributed by atoms with Gasteiger partial charge in [0.2, 0.25) is 0 Å². The highest BCUT2D eigenvalue weighted by molar-refractivity contribution is 7.18. The third-order valence-corrected chi connectivity index (χ3v) is 9.87. The van der Waals surface area contributed by atoms with Crippen molar-refractivity contribution in [2.75, 3.05) is 0 Å². The molecule has 0 bridgehead atoms. The molecule has 44 heavy (non-hydrogen) atoms. The SMILES string of the molecule is c1ccc(-c2ccc(-c3cccc4ccccc34)c(-c3ccc(-c4cc5c6c(cccc6c4)Oc4ccccc4-5)s3)c2)cc1. The first-order valence-corrected chi connectivity index (χ1v) is 15.7. The lowest BCUT2D eigenvalue weighted by Crippen LogP contribution is -1.97. The Hall–Kier alpha value is -5.44. The highest BCUT2D eigenvalue weighted by atomic mass is 32.1. The van der Waals surface area contributed by atoms with Gasteiger partial charge in [-0.1, -0.05) is 115 Å². The highest BCUT2D eigenvalue weighted by Gasteiger charge is 2.21. The van der Waals surface area contributed by atoms with Gasteiger partial charge in [-0.05, 0) is 92.0 Å². The van der Waals surface area contributed by atoms with Crippen LogP contribution < -0.4 is 4.74 Å². The minimum atomic E-state index is 0.911. The lowest BCUT2D eigenvalue weighted by molar-refractivity contribution is 0.487. The fourth-order valence-corrected chi connectivity index (χ4v) is 7.64. The Labute approximate surface area is 260 Å². The molecule has 0 saturated carbocycles. The van der Waals surface area contributed by atoms with E-state index in [1.165, 1.54) is 70.2 Å². The van der Waals surface area contributed by atoms with Crippen LogP contribution >= 0.6 is 11.3 Å². The largest absolute Gasteiger partial charge is 0.456 e. The Balaban J connectivity index is 1.23. The van der Waals surface area contributed by atoms with Gasteiger partial charge in [-0.3, -0.25) is 0 Å². The molecule has 0 radical (unpaired) electrons. The summed E-state index contributed by atoms with van der Waals surface area (Å²) in [5.74, 6) is 1.83. The van der Waals surface area contributed by atoms with Gasteiger partial charge in [-0.15, -0.1) is 11.3 Å². The second-order valence-electron chi connectivity index (χ2n) is 11.3. The number of thiophene rings is 1. The molecule has 2 heterocycles. The second-order valence-corrected chi connectivity index (χ2v) is 12.4. The van der Waals surface area contributed by atoms with Gasteiger partial charge in [0.05, 0.1) is 0 Å². The minimum absolute atomic E-state index is 0.911. The van der Waals surface area contributed by atoms with Crippen LogP contribution in [0.25, 0.3) is 75.8 Å². The molecule has 0 aliphatic carbocycles. The first-order chi connectivity index (χ1) is 21.8. The van der Waals surface area contributed by atoms with Crippen LogP contribution in [0.1, 0.15) is 0 Å². The number of hydrogen-bond acceptors (Lipinski definition) is 2. The van der Waals surface area contributed by atoms with Gasteiger partial charge in [-0.2, -0.15) is 0 Å². The van der Waals surface area contributed by atoms with Crippen molar-refractivity contribution in [1.82, 2.24) is 0 Å². The van der Waals surface area contributed by atoms with Gasteiger partial charge in [0.1, 0.15) is 11.5 Å². The highest BCUT2D eigenvalue weighted by Crippen LogP contribution is 2.49.